The number of aryl methyl sites for hydroxylation is 2. The Labute approximate surface area is 66.6 Å². The summed E-state index contributed by atoms with van der Waals surface area (Å²) >= 11 is 0. The molecule has 0 amide bonds. The minimum Gasteiger partial charge on any atom is -0.466 e. The van der Waals surface area contributed by atoms with E-state index in [2.05, 4.69) is 11.4 Å². The summed E-state index contributed by atoms with van der Waals surface area (Å²) in [6.45, 7) is 5.17. The van der Waals surface area contributed by atoms with Crippen molar-refractivity contribution in [3.05, 3.63) is 23.2 Å². The third-order valence-electron chi connectivity index (χ3n) is 2.28. The summed E-state index contributed by atoms with van der Waals surface area (Å²) in [6.07, 6.45) is 1.25. The lowest BCUT2D eigenvalue weighted by molar-refractivity contribution is 0.375. The average Bonchev–Trinajstić information content (AvgIpc) is 2.07. The maximum Gasteiger partial charge on any atom is 0.105 e. The first-order valence-corrected chi connectivity index (χ1v) is 4.07. The fourth-order valence-electron chi connectivity index (χ4n) is 1.55. The van der Waals surface area contributed by atoms with Crippen molar-refractivity contribution in [2.24, 2.45) is 0 Å². The molecular weight excluding hydrogens is 138 g/mol. The fourth-order valence-corrected chi connectivity index (χ4v) is 1.55. The quantitative estimate of drug-likeness (QED) is 0.663. The van der Waals surface area contributed by atoms with E-state index in [-0.39, 0.29) is 0 Å². The molecule has 2 nitrogen and oxygen atoms in total. The van der Waals surface area contributed by atoms with Crippen LogP contribution >= 0.6 is 0 Å². The van der Waals surface area contributed by atoms with Crippen LogP contribution in [0.1, 0.15) is 29.5 Å². The van der Waals surface area contributed by atoms with Crippen LogP contribution in [-0.4, -0.2) is 6.54 Å². The zero-order chi connectivity index (χ0) is 7.84. The smallest absolute Gasteiger partial charge is 0.105 e. The third kappa shape index (κ3) is 1.07. The highest BCUT2D eigenvalue weighted by atomic mass is 16.3. The standard InChI is InChI=1S/C9H13NO/c1-6-5-8(7(2)11-6)9-3-4-10-9/h5,9-10H,3-4H2,1-2H3/t9-/m1/s1. The highest BCUT2D eigenvalue weighted by molar-refractivity contribution is 5.25. The van der Waals surface area contributed by atoms with Crippen molar-refractivity contribution in [1.82, 2.24) is 5.32 Å². The van der Waals surface area contributed by atoms with E-state index < -0.39 is 0 Å². The van der Waals surface area contributed by atoms with Gasteiger partial charge in [0, 0.05) is 11.6 Å². The van der Waals surface area contributed by atoms with Gasteiger partial charge in [0.05, 0.1) is 0 Å². The monoisotopic (exact) mass is 151 g/mol. The SMILES string of the molecule is Cc1cc([C@H]2CCN2)c(C)o1. The van der Waals surface area contributed by atoms with E-state index in [4.69, 9.17) is 4.42 Å². The molecule has 1 aliphatic heterocycles. The zero-order valence-corrected chi connectivity index (χ0v) is 6.98. The highest BCUT2D eigenvalue weighted by Crippen LogP contribution is 2.27. The second kappa shape index (κ2) is 2.38. The molecule has 1 fully saturated rings. The van der Waals surface area contributed by atoms with Crippen molar-refractivity contribution in [3.63, 3.8) is 0 Å². The maximum absolute atomic E-state index is 5.43. The molecule has 2 heterocycles. The molecule has 0 unspecified atom stereocenters. The van der Waals surface area contributed by atoms with Gasteiger partial charge in [-0.1, -0.05) is 0 Å². The number of furan rings is 1. The van der Waals surface area contributed by atoms with E-state index in [1.54, 1.807) is 0 Å². The second-order valence-corrected chi connectivity index (χ2v) is 3.16. The Morgan fingerprint density at radius 2 is 2.27 bits per heavy atom. The lowest BCUT2D eigenvalue weighted by atomic mass is 9.98. The van der Waals surface area contributed by atoms with Gasteiger partial charge in [0.25, 0.3) is 0 Å². The van der Waals surface area contributed by atoms with E-state index in [1.807, 2.05) is 13.8 Å². The van der Waals surface area contributed by atoms with Gasteiger partial charge in [0.2, 0.25) is 0 Å². The normalized spacial score (nSPS) is 23.3. The number of rotatable bonds is 1. The van der Waals surface area contributed by atoms with Crippen LogP contribution in [0.4, 0.5) is 0 Å². The summed E-state index contributed by atoms with van der Waals surface area (Å²) in [6, 6.07) is 2.69. The van der Waals surface area contributed by atoms with Crippen LogP contribution in [0.3, 0.4) is 0 Å². The minimum atomic E-state index is 0.562. The molecule has 2 heteroatoms. The lowest BCUT2D eigenvalue weighted by Gasteiger charge is -2.27. The maximum atomic E-state index is 5.43. The Morgan fingerprint density at radius 3 is 2.64 bits per heavy atom. The molecule has 0 spiro atoms. The average molecular weight is 151 g/mol. The summed E-state index contributed by atoms with van der Waals surface area (Å²) in [7, 11) is 0. The van der Waals surface area contributed by atoms with Crippen LogP contribution in [0.5, 0.6) is 0 Å². The van der Waals surface area contributed by atoms with Crippen molar-refractivity contribution in [3.8, 4) is 0 Å². The van der Waals surface area contributed by atoms with Crippen LogP contribution in [0.15, 0.2) is 10.5 Å². The van der Waals surface area contributed by atoms with Gasteiger partial charge < -0.3 is 9.73 Å². The first kappa shape index (κ1) is 6.92. The Morgan fingerprint density at radius 1 is 1.55 bits per heavy atom. The van der Waals surface area contributed by atoms with E-state index in [1.165, 1.54) is 12.0 Å². The number of hydrogen-bond acceptors (Lipinski definition) is 2. The topological polar surface area (TPSA) is 25.2 Å². The van der Waals surface area contributed by atoms with Gasteiger partial charge in [-0.05, 0) is 32.9 Å². The van der Waals surface area contributed by atoms with E-state index in [9.17, 15) is 0 Å². The summed E-state index contributed by atoms with van der Waals surface area (Å²) in [5.41, 5.74) is 1.34. The van der Waals surface area contributed by atoms with Crippen LogP contribution in [-0.2, 0) is 0 Å². The van der Waals surface area contributed by atoms with E-state index in [0.717, 1.165) is 18.1 Å². The molecule has 0 aromatic carbocycles. The van der Waals surface area contributed by atoms with Crippen molar-refractivity contribution in [2.45, 2.75) is 26.3 Å². The van der Waals surface area contributed by atoms with Gasteiger partial charge in [-0.3, -0.25) is 0 Å². The molecule has 1 aliphatic rings. The van der Waals surface area contributed by atoms with Crippen LogP contribution in [0.25, 0.3) is 0 Å². The lowest BCUT2D eigenvalue weighted by Crippen LogP contribution is -2.35. The van der Waals surface area contributed by atoms with Gasteiger partial charge in [-0.15, -0.1) is 0 Å². The molecular formula is C9H13NO. The minimum absolute atomic E-state index is 0.562. The van der Waals surface area contributed by atoms with Crippen LogP contribution < -0.4 is 5.32 Å². The molecule has 1 saturated heterocycles. The summed E-state index contributed by atoms with van der Waals surface area (Å²) in [4.78, 5) is 0. The Balaban J connectivity index is 2.28. The van der Waals surface area contributed by atoms with Gasteiger partial charge in [-0.25, -0.2) is 0 Å². The van der Waals surface area contributed by atoms with Crippen LogP contribution in [0.2, 0.25) is 0 Å². The molecule has 1 N–H and O–H groups in total. The van der Waals surface area contributed by atoms with Gasteiger partial charge in [0.15, 0.2) is 0 Å². The zero-order valence-electron chi connectivity index (χ0n) is 6.98. The predicted octanol–water partition coefficient (Wildman–Crippen LogP) is 1.93. The highest BCUT2D eigenvalue weighted by Gasteiger charge is 2.22. The van der Waals surface area contributed by atoms with Crippen molar-refractivity contribution >= 4 is 0 Å². The first-order chi connectivity index (χ1) is 5.27. The molecule has 1 aromatic heterocycles. The Hall–Kier alpha value is -0.760. The summed E-state index contributed by atoms with van der Waals surface area (Å²) in [5, 5.41) is 3.36. The molecule has 0 bridgehead atoms. The fraction of sp³-hybridized carbons (Fsp3) is 0.556. The number of hydrogen-bond donors (Lipinski definition) is 1. The predicted molar refractivity (Wildman–Crippen MR) is 43.5 cm³/mol. The summed E-state index contributed by atoms with van der Waals surface area (Å²) < 4.78 is 5.43. The first-order valence-electron chi connectivity index (χ1n) is 4.07. The molecule has 0 radical (unpaired) electrons. The number of nitrogens with one attached hydrogen (secondary N) is 1. The van der Waals surface area contributed by atoms with Crippen molar-refractivity contribution in [1.29, 1.82) is 0 Å². The molecule has 1 aromatic rings. The van der Waals surface area contributed by atoms with Gasteiger partial charge in [0.1, 0.15) is 11.5 Å². The Kier molecular flexibility index (Phi) is 1.50. The summed E-state index contributed by atoms with van der Waals surface area (Å²) in [5.74, 6) is 2.09. The molecule has 0 aliphatic carbocycles. The molecule has 60 valence electrons. The van der Waals surface area contributed by atoms with E-state index in [0.29, 0.717) is 6.04 Å². The molecule has 1 atom stereocenters. The van der Waals surface area contributed by atoms with Crippen molar-refractivity contribution < 1.29 is 4.42 Å². The molecule has 2 rings (SSSR count). The van der Waals surface area contributed by atoms with Gasteiger partial charge in [-0.2, -0.15) is 0 Å². The third-order valence-corrected chi connectivity index (χ3v) is 2.28. The second-order valence-electron chi connectivity index (χ2n) is 3.16. The largest absolute Gasteiger partial charge is 0.466 e. The molecule has 11 heavy (non-hydrogen) atoms. The Bertz CT molecular complexity index is 261. The van der Waals surface area contributed by atoms with Gasteiger partial charge >= 0.3 is 0 Å². The van der Waals surface area contributed by atoms with Crippen molar-refractivity contribution in [2.75, 3.05) is 6.54 Å². The van der Waals surface area contributed by atoms with Crippen LogP contribution in [0, 0.1) is 13.8 Å². The molecule has 0 saturated carbocycles. The van der Waals surface area contributed by atoms with E-state index >= 15 is 0 Å².